The first-order chi connectivity index (χ1) is 16.7. The lowest BCUT2D eigenvalue weighted by Crippen LogP contribution is -2.48. The zero-order valence-corrected chi connectivity index (χ0v) is 19.5. The summed E-state index contributed by atoms with van der Waals surface area (Å²) in [6, 6.07) is 13.4. The van der Waals surface area contributed by atoms with Gasteiger partial charge in [-0.15, -0.1) is 10.2 Å². The molecule has 1 saturated heterocycles. The summed E-state index contributed by atoms with van der Waals surface area (Å²) in [5, 5.41) is 12.5. The van der Waals surface area contributed by atoms with Crippen molar-refractivity contribution in [2.45, 2.75) is 31.4 Å². The van der Waals surface area contributed by atoms with Crippen LogP contribution in [0, 0.1) is 5.82 Å². The lowest BCUT2D eigenvalue weighted by molar-refractivity contribution is 0.00201. The Morgan fingerprint density at radius 2 is 1.82 bits per heavy atom. The van der Waals surface area contributed by atoms with Gasteiger partial charge in [-0.1, -0.05) is 12.1 Å². The highest BCUT2D eigenvalue weighted by molar-refractivity contribution is 5.85. The molecule has 2 atom stereocenters. The smallest absolute Gasteiger partial charge is 0.123 e. The van der Waals surface area contributed by atoms with Crippen LogP contribution in [0.25, 0.3) is 16.6 Å². The van der Waals surface area contributed by atoms with Gasteiger partial charge in [0.2, 0.25) is 0 Å². The monoisotopic (exact) mass is 462 g/mol. The number of rotatable bonds is 9. The van der Waals surface area contributed by atoms with E-state index in [0.29, 0.717) is 0 Å². The lowest BCUT2D eigenvalue weighted by atomic mass is 9.94. The molecule has 178 valence electrons. The third-order valence-electron chi connectivity index (χ3n) is 6.81. The summed E-state index contributed by atoms with van der Waals surface area (Å²) in [5.41, 5.74) is 4.57. The van der Waals surface area contributed by atoms with Crippen molar-refractivity contribution in [3.8, 4) is 5.69 Å². The zero-order valence-electron chi connectivity index (χ0n) is 19.5. The Morgan fingerprint density at radius 3 is 2.56 bits per heavy atom. The van der Waals surface area contributed by atoms with Gasteiger partial charge in [-0.3, -0.25) is 9.47 Å². The standard InChI is InChI=1S/C26H31FN6O/c1-34-25(26(32-13-11-28-12-14-32)19-5-7-21(27)8-6-19)4-2-3-20-16-29-24-10-9-22(15-23(20)24)33-17-30-31-18-33/h5-10,15-18,25-26,28-29H,2-4,11-14H2,1H3. The Kier molecular flexibility index (Phi) is 6.99. The fraction of sp³-hybridized carbons (Fsp3) is 0.385. The van der Waals surface area contributed by atoms with E-state index in [0.717, 1.165) is 62.2 Å². The molecule has 2 unspecified atom stereocenters. The van der Waals surface area contributed by atoms with Gasteiger partial charge in [0.1, 0.15) is 18.5 Å². The maximum atomic E-state index is 13.6. The van der Waals surface area contributed by atoms with E-state index in [2.05, 4.69) is 49.8 Å². The number of aryl methyl sites for hydroxylation is 1. The number of piperazine rings is 1. The van der Waals surface area contributed by atoms with E-state index in [9.17, 15) is 4.39 Å². The van der Waals surface area contributed by atoms with Crippen LogP contribution in [-0.4, -0.2) is 64.0 Å². The molecule has 5 rings (SSSR count). The molecule has 2 N–H and O–H groups in total. The molecule has 1 fully saturated rings. The molecule has 0 amide bonds. The van der Waals surface area contributed by atoms with E-state index < -0.39 is 0 Å². The van der Waals surface area contributed by atoms with Gasteiger partial charge in [0.15, 0.2) is 0 Å². The minimum Gasteiger partial charge on any atom is -0.379 e. The Bertz CT molecular complexity index is 1180. The minimum absolute atomic E-state index is 0.0290. The molecule has 4 aromatic rings. The van der Waals surface area contributed by atoms with Gasteiger partial charge in [-0.2, -0.15) is 0 Å². The van der Waals surface area contributed by atoms with Gasteiger partial charge in [0.05, 0.1) is 12.1 Å². The average molecular weight is 463 g/mol. The lowest BCUT2D eigenvalue weighted by Gasteiger charge is -2.39. The highest BCUT2D eigenvalue weighted by atomic mass is 19.1. The molecule has 0 aliphatic carbocycles. The van der Waals surface area contributed by atoms with Crippen LogP contribution in [0.5, 0.6) is 0 Å². The molecular formula is C26H31FN6O. The number of benzene rings is 2. The number of methoxy groups -OCH3 is 1. The number of fused-ring (bicyclic) bond motifs is 1. The molecule has 3 heterocycles. The van der Waals surface area contributed by atoms with E-state index >= 15 is 0 Å². The van der Waals surface area contributed by atoms with Crippen LogP contribution in [-0.2, 0) is 11.2 Å². The van der Waals surface area contributed by atoms with Crippen molar-refractivity contribution in [3.63, 3.8) is 0 Å². The van der Waals surface area contributed by atoms with E-state index in [1.807, 2.05) is 16.7 Å². The van der Waals surface area contributed by atoms with Gasteiger partial charge in [-0.25, -0.2) is 4.39 Å². The number of aromatic amines is 1. The predicted octanol–water partition coefficient (Wildman–Crippen LogP) is 3.87. The first-order valence-corrected chi connectivity index (χ1v) is 11.9. The molecule has 1 aliphatic rings. The van der Waals surface area contributed by atoms with Gasteiger partial charge in [-0.05, 0) is 60.7 Å². The summed E-state index contributed by atoms with van der Waals surface area (Å²) in [6.07, 6.45) is 8.41. The SMILES string of the molecule is COC(CCCc1c[nH]c2ccc(-n3cnnc3)cc12)C(c1ccc(F)cc1)N1CCNCC1. The second-order valence-corrected chi connectivity index (χ2v) is 8.86. The van der Waals surface area contributed by atoms with Crippen molar-refractivity contribution in [2.24, 2.45) is 0 Å². The van der Waals surface area contributed by atoms with Gasteiger partial charge in [0, 0.05) is 56.1 Å². The normalized spacial score (nSPS) is 16.6. The molecule has 8 heteroatoms. The van der Waals surface area contributed by atoms with Crippen molar-refractivity contribution in [1.29, 1.82) is 0 Å². The first-order valence-electron chi connectivity index (χ1n) is 11.9. The van der Waals surface area contributed by atoms with Crippen molar-refractivity contribution in [3.05, 3.63) is 78.3 Å². The van der Waals surface area contributed by atoms with Gasteiger partial charge >= 0.3 is 0 Å². The van der Waals surface area contributed by atoms with E-state index in [4.69, 9.17) is 4.74 Å². The molecule has 7 nitrogen and oxygen atoms in total. The third kappa shape index (κ3) is 4.89. The van der Waals surface area contributed by atoms with Crippen LogP contribution < -0.4 is 5.32 Å². The van der Waals surface area contributed by atoms with Crippen molar-refractivity contribution < 1.29 is 9.13 Å². The summed E-state index contributed by atoms with van der Waals surface area (Å²) < 4.78 is 21.6. The topological polar surface area (TPSA) is 71.0 Å². The van der Waals surface area contributed by atoms with E-state index in [1.54, 1.807) is 31.9 Å². The minimum atomic E-state index is -0.207. The molecule has 34 heavy (non-hydrogen) atoms. The Morgan fingerprint density at radius 1 is 1.06 bits per heavy atom. The number of nitrogens with zero attached hydrogens (tertiary/aromatic N) is 4. The summed E-state index contributed by atoms with van der Waals surface area (Å²) in [5.74, 6) is -0.207. The van der Waals surface area contributed by atoms with Gasteiger partial charge in [0.25, 0.3) is 0 Å². The molecule has 0 saturated carbocycles. The Balaban J connectivity index is 1.31. The average Bonchev–Trinajstić information content (AvgIpc) is 3.55. The number of aromatic nitrogens is 4. The second kappa shape index (κ2) is 10.5. The molecule has 0 bridgehead atoms. The largest absolute Gasteiger partial charge is 0.379 e. The van der Waals surface area contributed by atoms with Crippen LogP contribution in [0.2, 0.25) is 0 Å². The van der Waals surface area contributed by atoms with Crippen LogP contribution in [0.3, 0.4) is 0 Å². The quantitative estimate of drug-likeness (QED) is 0.395. The molecular weight excluding hydrogens is 431 g/mol. The summed E-state index contributed by atoms with van der Waals surface area (Å²) in [6.45, 7) is 3.82. The molecule has 1 aliphatic heterocycles. The maximum Gasteiger partial charge on any atom is 0.123 e. The third-order valence-corrected chi connectivity index (χ3v) is 6.81. The zero-order chi connectivity index (χ0) is 23.3. The van der Waals surface area contributed by atoms with Crippen LogP contribution in [0.4, 0.5) is 4.39 Å². The summed E-state index contributed by atoms with van der Waals surface area (Å²) in [7, 11) is 1.79. The van der Waals surface area contributed by atoms with Crippen LogP contribution >= 0.6 is 0 Å². The molecule has 2 aromatic carbocycles. The molecule has 0 spiro atoms. The van der Waals surface area contributed by atoms with Crippen LogP contribution in [0.1, 0.15) is 30.0 Å². The molecule has 0 radical (unpaired) electrons. The number of nitrogens with one attached hydrogen (secondary N) is 2. The highest BCUT2D eigenvalue weighted by Gasteiger charge is 2.30. The summed E-state index contributed by atoms with van der Waals surface area (Å²) >= 11 is 0. The fourth-order valence-corrected chi connectivity index (χ4v) is 5.05. The van der Waals surface area contributed by atoms with Crippen molar-refractivity contribution in [1.82, 2.24) is 30.0 Å². The number of ether oxygens (including phenoxy) is 1. The second-order valence-electron chi connectivity index (χ2n) is 8.86. The number of hydrogen-bond acceptors (Lipinski definition) is 5. The predicted molar refractivity (Wildman–Crippen MR) is 131 cm³/mol. The number of hydrogen-bond donors (Lipinski definition) is 2. The Labute approximate surface area is 198 Å². The molecule has 2 aromatic heterocycles. The maximum absolute atomic E-state index is 13.6. The van der Waals surface area contributed by atoms with E-state index in [1.165, 1.54) is 10.9 Å². The first kappa shape index (κ1) is 22.7. The number of H-pyrrole nitrogens is 1. The highest BCUT2D eigenvalue weighted by Crippen LogP contribution is 2.30. The van der Waals surface area contributed by atoms with Gasteiger partial charge < -0.3 is 15.0 Å². The van der Waals surface area contributed by atoms with Crippen LogP contribution in [0.15, 0.2) is 61.3 Å². The van der Waals surface area contributed by atoms with E-state index in [-0.39, 0.29) is 18.0 Å². The number of halogens is 1. The van der Waals surface area contributed by atoms with Crippen molar-refractivity contribution >= 4 is 10.9 Å². The summed E-state index contributed by atoms with van der Waals surface area (Å²) in [4.78, 5) is 5.86. The Hall–Kier alpha value is -3.07. The fourth-order valence-electron chi connectivity index (χ4n) is 5.05. The van der Waals surface area contributed by atoms with Crippen molar-refractivity contribution in [2.75, 3.05) is 33.3 Å².